The molecule has 3 heterocycles. The zero-order chi connectivity index (χ0) is 41.8. The van der Waals surface area contributed by atoms with Gasteiger partial charge in [-0.25, -0.2) is 15.0 Å². The molecular formula is C50H45N5O6. The second-order valence-corrected chi connectivity index (χ2v) is 14.9. The minimum absolute atomic E-state index is 0.0719. The predicted octanol–water partition coefficient (Wildman–Crippen LogP) is 7.88. The molecular weight excluding hydrogens is 767 g/mol. The highest BCUT2D eigenvalue weighted by Gasteiger charge is 2.47. The van der Waals surface area contributed by atoms with Gasteiger partial charge >= 0.3 is 0 Å². The average Bonchev–Trinajstić information content (AvgIpc) is 3.89. The molecule has 11 nitrogen and oxygen atoms in total. The van der Waals surface area contributed by atoms with E-state index in [2.05, 4.69) is 34.6 Å². The predicted molar refractivity (Wildman–Crippen MR) is 232 cm³/mol. The summed E-state index contributed by atoms with van der Waals surface area (Å²) in [6.45, 7) is -0.0719. The molecule has 0 aliphatic carbocycles. The molecule has 0 spiro atoms. The topological polar surface area (TPSA) is 133 Å². The molecule has 61 heavy (non-hydrogen) atoms. The lowest BCUT2D eigenvalue weighted by atomic mass is 9.77. The Morgan fingerprint density at radius 1 is 0.574 bits per heavy atom. The third-order valence-electron chi connectivity index (χ3n) is 11.5. The maximum Gasteiger partial charge on any atom is 0.167 e. The van der Waals surface area contributed by atoms with Gasteiger partial charge in [-0.3, -0.25) is 4.57 Å². The zero-order valence-electron chi connectivity index (χ0n) is 33.7. The van der Waals surface area contributed by atoms with E-state index in [4.69, 9.17) is 28.9 Å². The summed E-state index contributed by atoms with van der Waals surface area (Å²) in [6.07, 6.45) is -1.60. The maximum atomic E-state index is 11.7. The van der Waals surface area contributed by atoms with Crippen LogP contribution in [0.25, 0.3) is 11.2 Å². The molecule has 0 amide bonds. The zero-order valence-corrected chi connectivity index (χ0v) is 33.7. The van der Waals surface area contributed by atoms with Gasteiger partial charge in [-0.1, -0.05) is 146 Å². The summed E-state index contributed by atoms with van der Waals surface area (Å²) in [5.74, 6) is 1.89. The number of ether oxygens (including phenoxy) is 4. The number of aliphatic hydroxyl groups is 2. The van der Waals surface area contributed by atoms with Crippen molar-refractivity contribution in [2.75, 3.05) is 26.1 Å². The van der Waals surface area contributed by atoms with Crippen LogP contribution in [0.4, 0.5) is 5.82 Å². The van der Waals surface area contributed by atoms with Crippen molar-refractivity contribution in [3.05, 3.63) is 216 Å². The number of methoxy groups -OCH3 is 2. The van der Waals surface area contributed by atoms with E-state index in [9.17, 15) is 10.2 Å². The summed E-state index contributed by atoms with van der Waals surface area (Å²) in [6, 6.07) is 55.9. The molecule has 1 fully saturated rings. The second-order valence-electron chi connectivity index (χ2n) is 14.9. The molecule has 0 bridgehead atoms. The molecule has 8 aromatic rings. The number of hydrogen-bond acceptors (Lipinski definition) is 10. The first-order valence-corrected chi connectivity index (χ1v) is 20.1. The molecule has 0 unspecified atom stereocenters. The van der Waals surface area contributed by atoms with Crippen molar-refractivity contribution in [3.63, 3.8) is 0 Å². The Morgan fingerprint density at radius 3 is 1.54 bits per heavy atom. The van der Waals surface area contributed by atoms with E-state index in [1.807, 2.05) is 146 Å². The van der Waals surface area contributed by atoms with Crippen LogP contribution in [-0.2, 0) is 20.6 Å². The van der Waals surface area contributed by atoms with Crippen LogP contribution in [0, 0.1) is 0 Å². The smallest absolute Gasteiger partial charge is 0.167 e. The molecule has 11 heteroatoms. The lowest BCUT2D eigenvalue weighted by Crippen LogP contribution is -2.39. The number of nitrogens with zero attached hydrogens (tertiary/aromatic N) is 4. The van der Waals surface area contributed by atoms with Gasteiger partial charge in [-0.15, -0.1) is 0 Å². The Morgan fingerprint density at radius 2 is 1.03 bits per heavy atom. The van der Waals surface area contributed by atoms with E-state index < -0.39 is 35.7 Å². The van der Waals surface area contributed by atoms with Gasteiger partial charge in [0, 0.05) is 0 Å². The van der Waals surface area contributed by atoms with Crippen LogP contribution in [0.15, 0.2) is 183 Å². The van der Waals surface area contributed by atoms with Crippen LogP contribution >= 0.6 is 0 Å². The maximum absolute atomic E-state index is 11.7. The van der Waals surface area contributed by atoms with Gasteiger partial charge < -0.3 is 34.5 Å². The van der Waals surface area contributed by atoms with Crippen LogP contribution in [0.3, 0.4) is 0 Å². The Kier molecular flexibility index (Phi) is 11.0. The van der Waals surface area contributed by atoms with E-state index in [-0.39, 0.29) is 6.61 Å². The van der Waals surface area contributed by atoms with Crippen molar-refractivity contribution < 1.29 is 29.2 Å². The molecule has 0 saturated carbocycles. The number of rotatable bonds is 14. The molecule has 1 aliphatic heterocycles. The van der Waals surface area contributed by atoms with Crippen LogP contribution in [-0.4, -0.2) is 68.9 Å². The summed E-state index contributed by atoms with van der Waals surface area (Å²) in [7, 11) is 3.28. The van der Waals surface area contributed by atoms with E-state index >= 15 is 0 Å². The highest BCUT2D eigenvalue weighted by atomic mass is 16.6. The molecule has 6 aromatic carbocycles. The number of aliphatic hydroxyl groups excluding tert-OH is 2. The molecule has 1 saturated heterocycles. The lowest BCUT2D eigenvalue weighted by molar-refractivity contribution is -0.0942. The number of nitrogens with one attached hydrogen (secondary N) is 1. The fourth-order valence-corrected chi connectivity index (χ4v) is 8.47. The number of imidazole rings is 1. The van der Waals surface area contributed by atoms with Gasteiger partial charge in [-0.05, 0) is 57.6 Å². The molecule has 306 valence electrons. The number of fused-ring (bicyclic) bond motifs is 1. The number of hydrogen-bond donors (Lipinski definition) is 3. The van der Waals surface area contributed by atoms with E-state index in [0.717, 1.165) is 39.1 Å². The van der Waals surface area contributed by atoms with E-state index in [1.165, 1.54) is 6.33 Å². The first-order chi connectivity index (χ1) is 30.0. The summed E-state index contributed by atoms with van der Waals surface area (Å²) in [5.41, 5.74) is 4.29. The van der Waals surface area contributed by atoms with Crippen LogP contribution in [0.2, 0.25) is 0 Å². The van der Waals surface area contributed by atoms with Gasteiger partial charge in [0.2, 0.25) is 0 Å². The first kappa shape index (κ1) is 39.6. The second kappa shape index (κ2) is 17.0. The van der Waals surface area contributed by atoms with Crippen molar-refractivity contribution in [1.29, 1.82) is 0 Å². The number of benzene rings is 6. The SMILES string of the molecule is COc1ccc(C(Nc2ncnc3c2ncn3[C@@H]2O[C@H](COC(c3ccccc3)(c3ccccc3)c3ccc(OC)cc3)[C@H](O)[C@@H]2O)(c2ccccc2)c2ccccc2)cc1. The van der Waals surface area contributed by atoms with Crippen molar-refractivity contribution in [1.82, 2.24) is 19.5 Å². The van der Waals surface area contributed by atoms with Crippen molar-refractivity contribution >= 4 is 17.0 Å². The molecule has 2 aromatic heterocycles. The monoisotopic (exact) mass is 811 g/mol. The third-order valence-corrected chi connectivity index (χ3v) is 11.5. The van der Waals surface area contributed by atoms with Crippen LogP contribution < -0.4 is 14.8 Å². The first-order valence-electron chi connectivity index (χ1n) is 20.1. The van der Waals surface area contributed by atoms with Gasteiger partial charge in [0.1, 0.15) is 47.3 Å². The molecule has 0 radical (unpaired) electrons. The molecule has 9 rings (SSSR count). The molecule has 3 N–H and O–H groups in total. The van der Waals surface area contributed by atoms with Crippen molar-refractivity contribution in [2.45, 2.75) is 35.7 Å². The molecule has 4 atom stereocenters. The fraction of sp³-hybridized carbons (Fsp3) is 0.180. The summed E-state index contributed by atoms with van der Waals surface area (Å²) in [5, 5.41) is 27.1. The number of anilines is 1. The normalized spacial score (nSPS) is 17.9. The Balaban J connectivity index is 1.07. The van der Waals surface area contributed by atoms with Gasteiger partial charge in [-0.2, -0.15) is 0 Å². The highest BCUT2D eigenvalue weighted by Crippen LogP contribution is 2.44. The standard InChI is InChI=1S/C50H45N5O6/c1-58-40-27-23-36(24-28-40)49(34-15-7-3-8-16-34,35-17-9-4-10-18-35)54-46-43-47(52-32-51-46)55(33-53-43)48-45(57)44(56)42(61-48)31-60-50(37-19-11-5-12-20-37,38-21-13-6-14-22-38)39-25-29-41(59-2)30-26-39/h3-30,32-33,42,44-45,48,56-57H,31H2,1-2H3,(H,51,52,54)/t42-,44+,45+,48-/m1/s1. The summed E-state index contributed by atoms with van der Waals surface area (Å²) < 4.78 is 26.2. The minimum atomic E-state index is -1.34. The van der Waals surface area contributed by atoms with Crippen LogP contribution in [0.1, 0.15) is 39.6 Å². The van der Waals surface area contributed by atoms with Crippen LogP contribution in [0.5, 0.6) is 11.5 Å². The van der Waals surface area contributed by atoms with E-state index in [1.54, 1.807) is 25.1 Å². The summed E-state index contributed by atoms with van der Waals surface area (Å²) in [4.78, 5) is 14.2. The largest absolute Gasteiger partial charge is 0.497 e. The van der Waals surface area contributed by atoms with Crippen molar-refractivity contribution in [2.24, 2.45) is 0 Å². The van der Waals surface area contributed by atoms with Crippen molar-refractivity contribution in [3.8, 4) is 11.5 Å². The average molecular weight is 812 g/mol. The third kappa shape index (κ3) is 7.17. The van der Waals surface area contributed by atoms with Gasteiger partial charge in [0.25, 0.3) is 0 Å². The summed E-state index contributed by atoms with van der Waals surface area (Å²) >= 11 is 0. The van der Waals surface area contributed by atoms with E-state index in [0.29, 0.717) is 22.7 Å². The Labute approximate surface area is 353 Å². The molecule has 1 aliphatic rings. The highest BCUT2D eigenvalue weighted by molar-refractivity contribution is 5.84. The number of aromatic nitrogens is 4. The Bertz CT molecular complexity index is 2590. The quantitative estimate of drug-likeness (QED) is 0.0933. The Hall–Kier alpha value is -6.89. The van der Waals surface area contributed by atoms with Gasteiger partial charge in [0.15, 0.2) is 23.2 Å². The van der Waals surface area contributed by atoms with Gasteiger partial charge in [0.05, 0.1) is 27.2 Å². The lowest BCUT2D eigenvalue weighted by Gasteiger charge is -2.37. The fourth-order valence-electron chi connectivity index (χ4n) is 8.47. The minimum Gasteiger partial charge on any atom is -0.497 e.